The van der Waals surface area contributed by atoms with Gasteiger partial charge in [-0.1, -0.05) is 42.5 Å². The minimum Gasteiger partial charge on any atom is -0.369 e. The first kappa shape index (κ1) is 20.1. The van der Waals surface area contributed by atoms with Crippen molar-refractivity contribution in [2.45, 2.75) is 25.6 Å². The number of amides is 3. The fourth-order valence-corrected chi connectivity index (χ4v) is 4.41. The lowest BCUT2D eigenvalue weighted by atomic mass is 10.1. The molecule has 3 amide bonds. The van der Waals surface area contributed by atoms with Crippen LogP contribution in [0.4, 0.5) is 16.2 Å². The number of fused-ring (bicyclic) bond motifs is 1. The maximum Gasteiger partial charge on any atom is 0.322 e. The van der Waals surface area contributed by atoms with Crippen LogP contribution in [-0.2, 0) is 13.1 Å². The molecule has 2 N–H and O–H groups in total. The van der Waals surface area contributed by atoms with E-state index < -0.39 is 0 Å². The van der Waals surface area contributed by atoms with Gasteiger partial charge in [0.1, 0.15) is 0 Å². The highest BCUT2D eigenvalue weighted by atomic mass is 16.2. The summed E-state index contributed by atoms with van der Waals surface area (Å²) in [6.07, 6.45) is 0.909. The van der Waals surface area contributed by atoms with E-state index in [1.54, 1.807) is 0 Å². The van der Waals surface area contributed by atoms with E-state index in [4.69, 9.17) is 0 Å². The fourth-order valence-electron chi connectivity index (χ4n) is 4.41. The molecular weight excluding hydrogens is 400 g/mol. The third kappa shape index (κ3) is 4.30. The predicted molar refractivity (Wildman–Crippen MR) is 126 cm³/mol. The maximum absolute atomic E-state index is 12.7. The summed E-state index contributed by atoms with van der Waals surface area (Å²) in [5.41, 5.74) is 4.98. The first-order valence-corrected chi connectivity index (χ1v) is 11.0. The second-order valence-electron chi connectivity index (χ2n) is 8.37. The molecule has 2 heterocycles. The first-order valence-electron chi connectivity index (χ1n) is 11.0. The number of rotatable bonds is 4. The van der Waals surface area contributed by atoms with Gasteiger partial charge in [-0.25, -0.2) is 4.79 Å². The van der Waals surface area contributed by atoms with Gasteiger partial charge in [-0.2, -0.15) is 0 Å². The Morgan fingerprint density at radius 2 is 1.47 bits per heavy atom. The van der Waals surface area contributed by atoms with Crippen molar-refractivity contribution in [3.8, 4) is 0 Å². The van der Waals surface area contributed by atoms with Gasteiger partial charge < -0.3 is 20.4 Å². The molecule has 162 valence electrons. The number of urea groups is 1. The van der Waals surface area contributed by atoms with Crippen molar-refractivity contribution >= 4 is 23.3 Å². The van der Waals surface area contributed by atoms with Gasteiger partial charge in [0.25, 0.3) is 5.91 Å². The van der Waals surface area contributed by atoms with E-state index >= 15 is 0 Å². The van der Waals surface area contributed by atoms with Crippen molar-refractivity contribution in [1.82, 2.24) is 10.2 Å². The third-order valence-corrected chi connectivity index (χ3v) is 6.17. The van der Waals surface area contributed by atoms with Gasteiger partial charge in [0.05, 0.1) is 0 Å². The molecule has 1 saturated heterocycles. The average molecular weight is 427 g/mol. The molecule has 6 nitrogen and oxygen atoms in total. The van der Waals surface area contributed by atoms with Gasteiger partial charge >= 0.3 is 6.03 Å². The van der Waals surface area contributed by atoms with Crippen LogP contribution >= 0.6 is 0 Å². The van der Waals surface area contributed by atoms with Crippen LogP contribution in [0.1, 0.15) is 27.9 Å². The number of carbonyl (C=O) groups is 2. The molecule has 2 aliphatic heterocycles. The molecule has 0 bridgehead atoms. The molecule has 0 unspecified atom stereocenters. The van der Waals surface area contributed by atoms with Gasteiger partial charge in [-0.15, -0.1) is 0 Å². The number of hydrogen-bond acceptors (Lipinski definition) is 3. The van der Waals surface area contributed by atoms with Crippen molar-refractivity contribution < 1.29 is 9.59 Å². The highest BCUT2D eigenvalue weighted by molar-refractivity contribution is 5.94. The molecule has 32 heavy (non-hydrogen) atoms. The number of anilines is 2. The minimum absolute atomic E-state index is 0.0282. The Hall–Kier alpha value is -3.80. The molecule has 3 aromatic rings. The summed E-state index contributed by atoms with van der Waals surface area (Å²) >= 11 is 0. The summed E-state index contributed by atoms with van der Waals surface area (Å²) in [4.78, 5) is 29.1. The standard InChI is InChI=1S/C26H26N4O2/c31-25(19-6-2-1-3-7-19)27-23-14-15-29(18-23)24-12-10-22(11-13-24)28-26(32)30-16-20-8-4-5-9-21(20)17-30/h1-13,23H,14-18H2,(H,27,31)(H,28,32)/t23-/m1/s1. The predicted octanol–water partition coefficient (Wildman–Crippen LogP) is 4.24. The molecular formula is C26H26N4O2. The van der Waals surface area contributed by atoms with Gasteiger partial charge in [-0.3, -0.25) is 4.79 Å². The normalized spacial score (nSPS) is 17.2. The van der Waals surface area contributed by atoms with Gasteiger partial charge in [-0.05, 0) is 53.9 Å². The number of nitrogens with zero attached hydrogens (tertiary/aromatic N) is 2. The maximum atomic E-state index is 12.7. The molecule has 3 aromatic carbocycles. The average Bonchev–Trinajstić information content (AvgIpc) is 3.47. The summed E-state index contributed by atoms with van der Waals surface area (Å²) in [6, 6.07) is 25.4. The molecule has 0 aliphatic carbocycles. The number of benzene rings is 3. The van der Waals surface area contributed by atoms with E-state index in [2.05, 4.69) is 27.7 Å². The number of hydrogen-bond donors (Lipinski definition) is 2. The van der Waals surface area contributed by atoms with Crippen molar-refractivity contribution in [2.75, 3.05) is 23.3 Å². The van der Waals surface area contributed by atoms with Crippen LogP contribution in [0.25, 0.3) is 0 Å². The van der Waals surface area contributed by atoms with Crippen LogP contribution in [-0.4, -0.2) is 36.0 Å². The summed E-state index contributed by atoms with van der Waals surface area (Å²) in [6.45, 7) is 2.95. The molecule has 1 atom stereocenters. The monoisotopic (exact) mass is 426 g/mol. The largest absolute Gasteiger partial charge is 0.369 e. The SMILES string of the molecule is O=C(N[C@@H]1CCN(c2ccc(NC(=O)N3Cc4ccccc4C3)cc2)C1)c1ccccc1. The summed E-state index contributed by atoms with van der Waals surface area (Å²) in [5, 5.41) is 6.13. The lowest BCUT2D eigenvalue weighted by Crippen LogP contribution is -2.37. The lowest BCUT2D eigenvalue weighted by molar-refractivity contribution is 0.0940. The molecule has 0 radical (unpaired) electrons. The second-order valence-corrected chi connectivity index (χ2v) is 8.37. The summed E-state index contributed by atoms with van der Waals surface area (Å²) in [5.74, 6) is -0.0282. The quantitative estimate of drug-likeness (QED) is 0.656. The van der Waals surface area contributed by atoms with E-state index in [-0.39, 0.29) is 18.0 Å². The van der Waals surface area contributed by atoms with Crippen LogP contribution in [0.5, 0.6) is 0 Å². The molecule has 0 aromatic heterocycles. The molecule has 6 heteroatoms. The highest BCUT2D eigenvalue weighted by Crippen LogP contribution is 2.25. The van der Waals surface area contributed by atoms with E-state index in [0.29, 0.717) is 18.7 Å². The van der Waals surface area contributed by atoms with E-state index in [0.717, 1.165) is 30.9 Å². The lowest BCUT2D eigenvalue weighted by Gasteiger charge is -2.20. The van der Waals surface area contributed by atoms with Gasteiger partial charge in [0, 0.05) is 49.2 Å². The van der Waals surface area contributed by atoms with Crippen LogP contribution in [0.3, 0.4) is 0 Å². The Balaban J connectivity index is 1.14. The zero-order valence-electron chi connectivity index (χ0n) is 17.8. The summed E-state index contributed by atoms with van der Waals surface area (Å²) < 4.78 is 0. The smallest absolute Gasteiger partial charge is 0.322 e. The number of carbonyl (C=O) groups excluding carboxylic acids is 2. The molecule has 5 rings (SSSR count). The molecule has 0 spiro atoms. The number of nitrogens with one attached hydrogen (secondary N) is 2. The Morgan fingerprint density at radius 1 is 0.812 bits per heavy atom. The van der Waals surface area contributed by atoms with Crippen molar-refractivity contribution in [3.63, 3.8) is 0 Å². The summed E-state index contributed by atoms with van der Waals surface area (Å²) in [7, 11) is 0. The Kier molecular flexibility index (Phi) is 5.50. The molecule has 1 fully saturated rings. The van der Waals surface area contributed by atoms with Crippen LogP contribution in [0.2, 0.25) is 0 Å². The Bertz CT molecular complexity index is 1090. The molecule has 0 saturated carbocycles. The fraction of sp³-hybridized carbons (Fsp3) is 0.231. The molecule has 2 aliphatic rings. The van der Waals surface area contributed by atoms with Gasteiger partial charge in [0.15, 0.2) is 0 Å². The van der Waals surface area contributed by atoms with E-state index in [1.807, 2.05) is 71.6 Å². The second kappa shape index (κ2) is 8.75. The van der Waals surface area contributed by atoms with Gasteiger partial charge in [0.2, 0.25) is 0 Å². The Morgan fingerprint density at radius 3 is 2.16 bits per heavy atom. The van der Waals surface area contributed by atoms with E-state index in [1.165, 1.54) is 11.1 Å². The Labute approximate surface area is 187 Å². The zero-order chi connectivity index (χ0) is 21.9. The first-order chi connectivity index (χ1) is 15.7. The minimum atomic E-state index is -0.0844. The highest BCUT2D eigenvalue weighted by Gasteiger charge is 2.25. The van der Waals surface area contributed by atoms with Crippen LogP contribution in [0.15, 0.2) is 78.9 Å². The van der Waals surface area contributed by atoms with Crippen molar-refractivity contribution in [2.24, 2.45) is 0 Å². The van der Waals surface area contributed by atoms with Crippen molar-refractivity contribution in [3.05, 3.63) is 95.6 Å². The zero-order valence-corrected chi connectivity index (χ0v) is 17.8. The topological polar surface area (TPSA) is 64.7 Å². The van der Waals surface area contributed by atoms with Crippen LogP contribution in [0, 0.1) is 0 Å². The van der Waals surface area contributed by atoms with Crippen molar-refractivity contribution in [1.29, 1.82) is 0 Å². The van der Waals surface area contributed by atoms with Crippen LogP contribution < -0.4 is 15.5 Å². The van der Waals surface area contributed by atoms with E-state index in [9.17, 15) is 9.59 Å². The third-order valence-electron chi connectivity index (χ3n) is 6.17.